The van der Waals surface area contributed by atoms with Crippen LogP contribution in [0.3, 0.4) is 0 Å². The van der Waals surface area contributed by atoms with Crippen molar-refractivity contribution in [3.8, 4) is 12.1 Å². The molecule has 0 heterocycles. The van der Waals surface area contributed by atoms with Crippen LogP contribution >= 0.6 is 0 Å². The number of unbranched alkanes of at least 4 members (excludes halogenated alkanes) is 6. The minimum atomic E-state index is -0.384. The van der Waals surface area contributed by atoms with Gasteiger partial charge in [-0.1, -0.05) is 51.9 Å². The number of nitriles is 2. The van der Waals surface area contributed by atoms with Crippen LogP contribution in [-0.2, 0) is 0 Å². The van der Waals surface area contributed by atoms with Crippen LogP contribution in [0.25, 0.3) is 0 Å². The summed E-state index contributed by atoms with van der Waals surface area (Å²) in [5.41, 5.74) is 0. The minimum Gasteiger partial charge on any atom is -0.197 e. The van der Waals surface area contributed by atoms with Gasteiger partial charge in [-0.25, -0.2) is 0 Å². The Bertz CT molecular complexity index is 183. The fourth-order valence-electron chi connectivity index (χ4n) is 1.46. The second kappa shape index (κ2) is 10.1. The molecule has 0 spiro atoms. The van der Waals surface area contributed by atoms with Gasteiger partial charge in [0, 0.05) is 0 Å². The van der Waals surface area contributed by atoms with E-state index in [1.807, 2.05) is 12.1 Å². The standard InChI is InChI=1S/C12H20N2/c1-2-3-4-5-6-7-8-9-12(10-13)11-14/h12H,2-9H2,1H3. The largest absolute Gasteiger partial charge is 0.197 e. The van der Waals surface area contributed by atoms with Gasteiger partial charge in [-0.15, -0.1) is 0 Å². The van der Waals surface area contributed by atoms with E-state index < -0.39 is 0 Å². The van der Waals surface area contributed by atoms with Crippen molar-refractivity contribution in [3.63, 3.8) is 0 Å². The van der Waals surface area contributed by atoms with Crippen molar-refractivity contribution in [3.05, 3.63) is 0 Å². The first kappa shape index (κ1) is 13.0. The van der Waals surface area contributed by atoms with Crippen LogP contribution in [0.1, 0.15) is 58.3 Å². The first-order valence-corrected chi connectivity index (χ1v) is 5.64. The van der Waals surface area contributed by atoms with E-state index in [9.17, 15) is 0 Å². The highest BCUT2D eigenvalue weighted by Gasteiger charge is 2.03. The van der Waals surface area contributed by atoms with Gasteiger partial charge >= 0.3 is 0 Å². The molecule has 0 amide bonds. The van der Waals surface area contributed by atoms with Crippen molar-refractivity contribution in [1.82, 2.24) is 0 Å². The van der Waals surface area contributed by atoms with Gasteiger partial charge in [0.15, 0.2) is 0 Å². The third-order valence-electron chi connectivity index (χ3n) is 2.41. The van der Waals surface area contributed by atoms with E-state index >= 15 is 0 Å². The van der Waals surface area contributed by atoms with Crippen molar-refractivity contribution in [2.75, 3.05) is 0 Å². The Hall–Kier alpha value is -1.02. The highest BCUT2D eigenvalue weighted by molar-refractivity contribution is 4.98. The molecule has 78 valence electrons. The fraction of sp³-hybridized carbons (Fsp3) is 0.833. The molecule has 0 unspecified atom stereocenters. The first-order chi connectivity index (χ1) is 6.85. The van der Waals surface area contributed by atoms with Gasteiger partial charge in [0.2, 0.25) is 0 Å². The molecule has 0 aliphatic heterocycles. The lowest BCUT2D eigenvalue weighted by Crippen LogP contribution is -1.92. The fourth-order valence-corrected chi connectivity index (χ4v) is 1.46. The SMILES string of the molecule is CCCCCCCCCC(C#N)C#N. The van der Waals surface area contributed by atoms with Gasteiger partial charge in [0.1, 0.15) is 5.92 Å². The van der Waals surface area contributed by atoms with Gasteiger partial charge in [-0.2, -0.15) is 10.5 Å². The van der Waals surface area contributed by atoms with Gasteiger partial charge in [0.25, 0.3) is 0 Å². The van der Waals surface area contributed by atoms with Gasteiger partial charge in [0.05, 0.1) is 12.1 Å². The molecule has 0 atom stereocenters. The molecule has 0 fully saturated rings. The van der Waals surface area contributed by atoms with Gasteiger partial charge < -0.3 is 0 Å². The molecular weight excluding hydrogens is 172 g/mol. The predicted octanol–water partition coefficient (Wildman–Crippen LogP) is 3.79. The van der Waals surface area contributed by atoms with Gasteiger partial charge in [-0.3, -0.25) is 0 Å². The normalized spacial score (nSPS) is 9.71. The van der Waals surface area contributed by atoms with Crippen molar-refractivity contribution in [2.45, 2.75) is 58.3 Å². The van der Waals surface area contributed by atoms with Crippen LogP contribution in [0.4, 0.5) is 0 Å². The lowest BCUT2D eigenvalue weighted by atomic mass is 10.0. The molecule has 0 saturated carbocycles. The Balaban J connectivity index is 3.14. The highest BCUT2D eigenvalue weighted by Crippen LogP contribution is 2.11. The van der Waals surface area contributed by atoms with Crippen LogP contribution in [0.5, 0.6) is 0 Å². The van der Waals surface area contributed by atoms with E-state index in [1.165, 1.54) is 38.5 Å². The third kappa shape index (κ3) is 7.62. The average Bonchev–Trinajstić information content (AvgIpc) is 2.22. The Morgan fingerprint density at radius 1 is 0.857 bits per heavy atom. The number of rotatable bonds is 8. The van der Waals surface area contributed by atoms with E-state index in [0.717, 1.165) is 12.8 Å². The van der Waals surface area contributed by atoms with Crippen LogP contribution in [0, 0.1) is 28.6 Å². The second-order valence-corrected chi connectivity index (χ2v) is 3.72. The van der Waals surface area contributed by atoms with Gasteiger partial charge in [-0.05, 0) is 6.42 Å². The van der Waals surface area contributed by atoms with Crippen molar-refractivity contribution >= 4 is 0 Å². The monoisotopic (exact) mass is 192 g/mol. The molecule has 0 saturated heterocycles. The smallest absolute Gasteiger partial charge is 0.133 e. The number of nitrogens with zero attached hydrogens (tertiary/aromatic N) is 2. The number of hydrogen-bond donors (Lipinski definition) is 0. The maximum atomic E-state index is 8.53. The topological polar surface area (TPSA) is 47.6 Å². The Morgan fingerprint density at radius 2 is 1.36 bits per heavy atom. The summed E-state index contributed by atoms with van der Waals surface area (Å²) in [5.74, 6) is -0.384. The summed E-state index contributed by atoms with van der Waals surface area (Å²) in [7, 11) is 0. The summed E-state index contributed by atoms with van der Waals surface area (Å²) in [4.78, 5) is 0. The van der Waals surface area contributed by atoms with Crippen LogP contribution in [0.2, 0.25) is 0 Å². The zero-order valence-corrected chi connectivity index (χ0v) is 9.13. The summed E-state index contributed by atoms with van der Waals surface area (Å²) < 4.78 is 0. The molecular formula is C12H20N2. The molecule has 0 aliphatic carbocycles. The average molecular weight is 192 g/mol. The molecule has 2 nitrogen and oxygen atoms in total. The van der Waals surface area contributed by atoms with E-state index in [0.29, 0.717) is 0 Å². The van der Waals surface area contributed by atoms with Crippen molar-refractivity contribution < 1.29 is 0 Å². The summed E-state index contributed by atoms with van der Waals surface area (Å²) in [6, 6.07) is 4.00. The summed E-state index contributed by atoms with van der Waals surface area (Å²) in [6.45, 7) is 2.21. The molecule has 0 aromatic rings. The zero-order chi connectivity index (χ0) is 10.6. The van der Waals surface area contributed by atoms with Crippen LogP contribution in [0.15, 0.2) is 0 Å². The maximum absolute atomic E-state index is 8.53. The maximum Gasteiger partial charge on any atom is 0.133 e. The molecule has 14 heavy (non-hydrogen) atoms. The zero-order valence-electron chi connectivity index (χ0n) is 9.13. The molecule has 0 radical (unpaired) electrons. The lowest BCUT2D eigenvalue weighted by Gasteiger charge is -2.01. The summed E-state index contributed by atoms with van der Waals surface area (Å²) in [5, 5.41) is 17.1. The molecule has 0 aromatic heterocycles. The molecule has 2 heteroatoms. The van der Waals surface area contributed by atoms with E-state index in [4.69, 9.17) is 10.5 Å². The van der Waals surface area contributed by atoms with E-state index in [1.54, 1.807) is 0 Å². The second-order valence-electron chi connectivity index (χ2n) is 3.72. The highest BCUT2D eigenvalue weighted by atomic mass is 14.3. The summed E-state index contributed by atoms with van der Waals surface area (Å²) in [6.07, 6.45) is 9.45. The molecule has 0 bridgehead atoms. The molecule has 0 rings (SSSR count). The molecule has 0 aliphatic rings. The third-order valence-corrected chi connectivity index (χ3v) is 2.41. The Labute approximate surface area is 87.5 Å². The Kier molecular flexibility index (Phi) is 9.33. The Morgan fingerprint density at radius 3 is 1.86 bits per heavy atom. The van der Waals surface area contributed by atoms with E-state index in [-0.39, 0.29) is 5.92 Å². The lowest BCUT2D eigenvalue weighted by molar-refractivity contribution is 0.560. The summed E-state index contributed by atoms with van der Waals surface area (Å²) >= 11 is 0. The number of hydrogen-bond acceptors (Lipinski definition) is 2. The van der Waals surface area contributed by atoms with E-state index in [2.05, 4.69) is 6.92 Å². The van der Waals surface area contributed by atoms with Crippen LogP contribution < -0.4 is 0 Å². The van der Waals surface area contributed by atoms with Crippen LogP contribution in [-0.4, -0.2) is 0 Å². The molecule has 0 N–H and O–H groups in total. The molecule has 0 aromatic carbocycles. The predicted molar refractivity (Wildman–Crippen MR) is 57.3 cm³/mol. The van der Waals surface area contributed by atoms with Crippen molar-refractivity contribution in [1.29, 1.82) is 10.5 Å². The quantitative estimate of drug-likeness (QED) is 0.549. The first-order valence-electron chi connectivity index (χ1n) is 5.64. The van der Waals surface area contributed by atoms with Crippen molar-refractivity contribution in [2.24, 2.45) is 5.92 Å². The minimum absolute atomic E-state index is 0.384.